The van der Waals surface area contributed by atoms with Crippen LogP contribution >= 0.6 is 11.8 Å². The standard InChI is InChI=1S/C18H22N4O3S2/c1-27(24,25)22-8-6-14(7-9-22)17(23)19-15-4-2-13(3-5-15)16-12-21-10-11-26-18(21)20-16/h2-5,12,14H,6-11H2,1H3,(H,19,23). The van der Waals surface area contributed by atoms with E-state index in [1.54, 1.807) is 11.8 Å². The molecule has 144 valence electrons. The lowest BCUT2D eigenvalue weighted by molar-refractivity contribution is -0.120. The van der Waals surface area contributed by atoms with Gasteiger partial charge in [-0.25, -0.2) is 17.7 Å². The fraction of sp³-hybridized carbons (Fsp3) is 0.444. The highest BCUT2D eigenvalue weighted by Crippen LogP contribution is 2.29. The second kappa shape index (κ2) is 7.29. The molecule has 1 N–H and O–H groups in total. The monoisotopic (exact) mass is 406 g/mol. The van der Waals surface area contributed by atoms with Gasteiger partial charge in [-0.2, -0.15) is 0 Å². The Hall–Kier alpha value is -1.84. The molecule has 0 aliphatic carbocycles. The van der Waals surface area contributed by atoms with Crippen molar-refractivity contribution in [2.45, 2.75) is 24.5 Å². The third kappa shape index (κ3) is 4.04. The first-order chi connectivity index (χ1) is 12.9. The molecule has 9 heteroatoms. The fourth-order valence-corrected chi connectivity index (χ4v) is 5.28. The molecule has 1 aromatic carbocycles. The Balaban J connectivity index is 1.36. The van der Waals surface area contributed by atoms with E-state index in [2.05, 4.69) is 21.1 Å². The Labute approximate surface area is 163 Å². The number of hydrogen-bond donors (Lipinski definition) is 1. The third-order valence-electron chi connectivity index (χ3n) is 5.05. The molecule has 1 saturated heterocycles. The van der Waals surface area contributed by atoms with E-state index in [1.807, 2.05) is 24.3 Å². The Morgan fingerprint density at radius 2 is 1.89 bits per heavy atom. The van der Waals surface area contributed by atoms with Gasteiger partial charge in [0.15, 0.2) is 5.16 Å². The summed E-state index contributed by atoms with van der Waals surface area (Å²) >= 11 is 1.77. The van der Waals surface area contributed by atoms with Gasteiger partial charge < -0.3 is 9.88 Å². The normalized spacial score (nSPS) is 18.4. The lowest BCUT2D eigenvalue weighted by Gasteiger charge is -2.29. The molecule has 0 unspecified atom stereocenters. The number of aromatic nitrogens is 2. The Morgan fingerprint density at radius 3 is 2.52 bits per heavy atom. The van der Waals surface area contributed by atoms with E-state index in [4.69, 9.17) is 0 Å². The van der Waals surface area contributed by atoms with Crippen molar-refractivity contribution in [2.75, 3.05) is 30.4 Å². The van der Waals surface area contributed by atoms with Crippen molar-refractivity contribution in [3.05, 3.63) is 30.5 Å². The average molecular weight is 407 g/mol. The summed E-state index contributed by atoms with van der Waals surface area (Å²) in [5.41, 5.74) is 2.72. The van der Waals surface area contributed by atoms with Crippen LogP contribution in [0.25, 0.3) is 11.3 Å². The Bertz CT molecular complexity index is 924. The number of carbonyl (C=O) groups is 1. The summed E-state index contributed by atoms with van der Waals surface area (Å²) in [6, 6.07) is 7.70. The lowest BCUT2D eigenvalue weighted by atomic mass is 9.97. The van der Waals surface area contributed by atoms with Gasteiger partial charge in [0.2, 0.25) is 15.9 Å². The molecule has 0 radical (unpaired) electrons. The fourth-order valence-electron chi connectivity index (χ4n) is 3.47. The lowest BCUT2D eigenvalue weighted by Crippen LogP contribution is -2.40. The minimum absolute atomic E-state index is 0.0479. The topological polar surface area (TPSA) is 84.3 Å². The molecule has 2 aliphatic heterocycles. The highest BCUT2D eigenvalue weighted by molar-refractivity contribution is 7.99. The first-order valence-corrected chi connectivity index (χ1v) is 11.8. The number of carbonyl (C=O) groups excluding carboxylic acids is 1. The summed E-state index contributed by atoms with van der Waals surface area (Å²) in [6.45, 7) is 1.80. The van der Waals surface area contributed by atoms with Gasteiger partial charge in [0.05, 0.1) is 11.9 Å². The predicted octanol–water partition coefficient (Wildman–Crippen LogP) is 2.27. The average Bonchev–Trinajstić information content (AvgIpc) is 3.24. The molecule has 2 aromatic rings. The number of nitrogens with zero attached hydrogens (tertiary/aromatic N) is 3. The number of hydrogen-bond acceptors (Lipinski definition) is 5. The predicted molar refractivity (Wildman–Crippen MR) is 106 cm³/mol. The number of thioether (sulfide) groups is 1. The Kier molecular flexibility index (Phi) is 5.00. The zero-order valence-corrected chi connectivity index (χ0v) is 16.7. The number of nitrogens with one attached hydrogen (secondary N) is 1. The quantitative estimate of drug-likeness (QED) is 0.842. The van der Waals surface area contributed by atoms with E-state index in [1.165, 1.54) is 10.6 Å². The highest BCUT2D eigenvalue weighted by Gasteiger charge is 2.28. The molecule has 7 nitrogen and oxygen atoms in total. The second-order valence-corrected chi connectivity index (χ2v) is 10.00. The molecule has 1 fully saturated rings. The zero-order chi connectivity index (χ0) is 19.0. The number of piperidine rings is 1. The summed E-state index contributed by atoms with van der Waals surface area (Å²) in [5, 5.41) is 4.00. The number of aryl methyl sites for hydroxylation is 1. The zero-order valence-electron chi connectivity index (χ0n) is 15.1. The number of fused-ring (bicyclic) bond motifs is 1. The van der Waals surface area contributed by atoms with Gasteiger partial charge in [-0.1, -0.05) is 23.9 Å². The van der Waals surface area contributed by atoms with Crippen LogP contribution in [0.3, 0.4) is 0 Å². The van der Waals surface area contributed by atoms with Gasteiger partial charge in [0.1, 0.15) is 0 Å². The second-order valence-electron chi connectivity index (χ2n) is 6.95. The minimum atomic E-state index is -3.17. The van der Waals surface area contributed by atoms with Crippen LogP contribution in [0.4, 0.5) is 5.69 Å². The number of amides is 1. The summed E-state index contributed by atoms with van der Waals surface area (Å²) in [4.78, 5) is 17.1. The van der Waals surface area contributed by atoms with Crippen molar-refractivity contribution >= 4 is 33.4 Å². The summed E-state index contributed by atoms with van der Waals surface area (Å²) < 4.78 is 26.7. The van der Waals surface area contributed by atoms with Crippen LogP contribution in [0.1, 0.15) is 12.8 Å². The molecular weight excluding hydrogens is 384 g/mol. The molecule has 0 spiro atoms. The third-order valence-corrected chi connectivity index (χ3v) is 7.32. The van der Waals surface area contributed by atoms with Crippen LogP contribution < -0.4 is 5.32 Å². The maximum absolute atomic E-state index is 12.5. The van der Waals surface area contributed by atoms with Crippen molar-refractivity contribution in [3.8, 4) is 11.3 Å². The van der Waals surface area contributed by atoms with Gasteiger partial charge in [0, 0.05) is 48.8 Å². The molecule has 0 bridgehead atoms. The van der Waals surface area contributed by atoms with E-state index in [9.17, 15) is 13.2 Å². The van der Waals surface area contributed by atoms with Crippen LogP contribution in [0.2, 0.25) is 0 Å². The van der Waals surface area contributed by atoms with E-state index in [0.717, 1.165) is 34.4 Å². The summed E-state index contributed by atoms with van der Waals surface area (Å²) in [7, 11) is -3.17. The summed E-state index contributed by atoms with van der Waals surface area (Å²) in [6.07, 6.45) is 4.38. The maximum Gasteiger partial charge on any atom is 0.227 e. The first kappa shape index (κ1) is 18.5. The summed E-state index contributed by atoms with van der Waals surface area (Å²) in [5.74, 6) is 0.876. The van der Waals surface area contributed by atoms with Gasteiger partial charge >= 0.3 is 0 Å². The molecule has 0 atom stereocenters. The van der Waals surface area contributed by atoms with E-state index >= 15 is 0 Å². The minimum Gasteiger partial charge on any atom is -0.326 e. The molecule has 0 saturated carbocycles. The van der Waals surface area contributed by atoms with Crippen LogP contribution in [-0.2, 0) is 21.4 Å². The Morgan fingerprint density at radius 1 is 1.19 bits per heavy atom. The number of rotatable bonds is 4. The van der Waals surface area contributed by atoms with Crippen molar-refractivity contribution in [1.29, 1.82) is 0 Å². The van der Waals surface area contributed by atoms with Crippen molar-refractivity contribution in [3.63, 3.8) is 0 Å². The van der Waals surface area contributed by atoms with E-state index in [-0.39, 0.29) is 11.8 Å². The van der Waals surface area contributed by atoms with Crippen LogP contribution in [0.5, 0.6) is 0 Å². The SMILES string of the molecule is CS(=O)(=O)N1CCC(C(=O)Nc2ccc(-c3cn4c(n3)SCC4)cc2)CC1. The van der Waals surface area contributed by atoms with E-state index in [0.29, 0.717) is 25.9 Å². The van der Waals surface area contributed by atoms with Gasteiger partial charge in [-0.05, 0) is 25.0 Å². The number of benzene rings is 1. The van der Waals surface area contributed by atoms with E-state index < -0.39 is 10.0 Å². The maximum atomic E-state index is 12.5. The van der Waals surface area contributed by atoms with Crippen molar-refractivity contribution in [2.24, 2.45) is 5.92 Å². The molecule has 27 heavy (non-hydrogen) atoms. The largest absolute Gasteiger partial charge is 0.326 e. The number of imidazole rings is 1. The number of sulfonamides is 1. The molecule has 4 rings (SSSR count). The van der Waals surface area contributed by atoms with Gasteiger partial charge in [0.25, 0.3) is 0 Å². The molecule has 1 aromatic heterocycles. The molecule has 1 amide bonds. The van der Waals surface area contributed by atoms with Gasteiger partial charge in [-0.15, -0.1) is 0 Å². The van der Waals surface area contributed by atoms with Crippen LogP contribution in [0.15, 0.2) is 35.6 Å². The highest BCUT2D eigenvalue weighted by atomic mass is 32.2. The molecular formula is C18H22N4O3S2. The van der Waals surface area contributed by atoms with Crippen LogP contribution in [-0.4, -0.2) is 53.3 Å². The van der Waals surface area contributed by atoms with Gasteiger partial charge in [-0.3, -0.25) is 4.79 Å². The van der Waals surface area contributed by atoms with Crippen molar-refractivity contribution < 1.29 is 13.2 Å². The van der Waals surface area contributed by atoms with Crippen molar-refractivity contribution in [1.82, 2.24) is 13.9 Å². The molecule has 3 heterocycles. The van der Waals surface area contributed by atoms with Crippen LogP contribution in [0, 0.1) is 5.92 Å². The molecule has 2 aliphatic rings. The first-order valence-electron chi connectivity index (χ1n) is 8.96. The number of anilines is 1. The smallest absolute Gasteiger partial charge is 0.227 e.